The molecule has 0 spiro atoms. The Bertz CT molecular complexity index is 157. The lowest BCUT2D eigenvalue weighted by atomic mass is 9.84. The van der Waals surface area contributed by atoms with Gasteiger partial charge in [-0.25, -0.2) is 0 Å². The van der Waals surface area contributed by atoms with Crippen molar-refractivity contribution in [2.75, 3.05) is 20.8 Å². The summed E-state index contributed by atoms with van der Waals surface area (Å²) in [5, 5.41) is 0. The van der Waals surface area contributed by atoms with Crippen LogP contribution in [0, 0.1) is 17.8 Å². The Morgan fingerprint density at radius 1 is 1.06 bits per heavy atom. The van der Waals surface area contributed by atoms with Gasteiger partial charge in [-0.3, -0.25) is 0 Å². The third kappa shape index (κ3) is 5.86. The average molecular weight is 230 g/mol. The zero-order valence-corrected chi connectivity index (χ0v) is 12.0. The SMILES string of the molecule is CCCC(C)C(OC)C(COC)CC(C)C. The van der Waals surface area contributed by atoms with Crippen LogP contribution in [0.2, 0.25) is 0 Å². The quantitative estimate of drug-likeness (QED) is 0.600. The normalized spacial score (nSPS) is 17.4. The Labute approximate surface area is 102 Å². The Morgan fingerprint density at radius 3 is 2.06 bits per heavy atom. The number of hydrogen-bond donors (Lipinski definition) is 0. The van der Waals surface area contributed by atoms with Crippen molar-refractivity contribution in [1.82, 2.24) is 0 Å². The molecule has 0 aliphatic rings. The predicted octanol–water partition coefficient (Wildman–Crippen LogP) is 3.75. The molecule has 0 aromatic carbocycles. The van der Waals surface area contributed by atoms with Crippen LogP contribution in [-0.2, 0) is 9.47 Å². The van der Waals surface area contributed by atoms with Gasteiger partial charge in [0.05, 0.1) is 12.7 Å². The molecule has 0 radical (unpaired) electrons. The highest BCUT2D eigenvalue weighted by atomic mass is 16.5. The van der Waals surface area contributed by atoms with E-state index in [4.69, 9.17) is 9.47 Å². The summed E-state index contributed by atoms with van der Waals surface area (Å²) in [6, 6.07) is 0. The third-order valence-corrected chi connectivity index (χ3v) is 3.20. The van der Waals surface area contributed by atoms with Crippen LogP contribution in [0.5, 0.6) is 0 Å². The van der Waals surface area contributed by atoms with Crippen LogP contribution in [0.25, 0.3) is 0 Å². The molecule has 0 aliphatic carbocycles. The smallest absolute Gasteiger partial charge is 0.0647 e. The first-order valence-corrected chi connectivity index (χ1v) is 6.58. The van der Waals surface area contributed by atoms with Gasteiger partial charge in [0, 0.05) is 20.1 Å². The van der Waals surface area contributed by atoms with Crippen molar-refractivity contribution in [2.45, 2.75) is 53.1 Å². The minimum atomic E-state index is 0.335. The van der Waals surface area contributed by atoms with Gasteiger partial charge in [0.1, 0.15) is 0 Å². The van der Waals surface area contributed by atoms with E-state index in [1.165, 1.54) is 19.3 Å². The molecule has 0 saturated heterocycles. The molecular formula is C14H30O2. The molecule has 3 unspecified atom stereocenters. The summed E-state index contributed by atoms with van der Waals surface area (Å²) in [4.78, 5) is 0. The Hall–Kier alpha value is -0.0800. The molecule has 98 valence electrons. The van der Waals surface area contributed by atoms with Crippen LogP contribution in [0.3, 0.4) is 0 Å². The topological polar surface area (TPSA) is 18.5 Å². The molecule has 0 aromatic heterocycles. The van der Waals surface area contributed by atoms with Crippen LogP contribution in [-0.4, -0.2) is 26.9 Å². The van der Waals surface area contributed by atoms with Gasteiger partial charge in [0.15, 0.2) is 0 Å². The average Bonchev–Trinajstić information content (AvgIpc) is 2.18. The van der Waals surface area contributed by atoms with Gasteiger partial charge in [-0.15, -0.1) is 0 Å². The van der Waals surface area contributed by atoms with E-state index in [0.717, 1.165) is 6.61 Å². The lowest BCUT2D eigenvalue weighted by molar-refractivity contribution is -0.0265. The Kier molecular flexibility index (Phi) is 8.96. The second-order valence-corrected chi connectivity index (χ2v) is 5.31. The Morgan fingerprint density at radius 2 is 1.69 bits per heavy atom. The lowest BCUT2D eigenvalue weighted by Crippen LogP contribution is -2.33. The van der Waals surface area contributed by atoms with Gasteiger partial charge in [0.2, 0.25) is 0 Å². The van der Waals surface area contributed by atoms with E-state index in [9.17, 15) is 0 Å². The van der Waals surface area contributed by atoms with Gasteiger partial charge in [-0.2, -0.15) is 0 Å². The fourth-order valence-corrected chi connectivity index (χ4v) is 2.63. The van der Waals surface area contributed by atoms with E-state index >= 15 is 0 Å². The largest absolute Gasteiger partial charge is 0.384 e. The van der Waals surface area contributed by atoms with Gasteiger partial charge in [0.25, 0.3) is 0 Å². The third-order valence-electron chi connectivity index (χ3n) is 3.20. The van der Waals surface area contributed by atoms with Crippen molar-refractivity contribution >= 4 is 0 Å². The van der Waals surface area contributed by atoms with E-state index in [1.54, 1.807) is 7.11 Å². The summed E-state index contributed by atoms with van der Waals surface area (Å²) >= 11 is 0. The molecule has 0 fully saturated rings. The second-order valence-electron chi connectivity index (χ2n) is 5.31. The summed E-state index contributed by atoms with van der Waals surface area (Å²) in [6.45, 7) is 9.86. The van der Waals surface area contributed by atoms with Gasteiger partial charge < -0.3 is 9.47 Å². The van der Waals surface area contributed by atoms with Gasteiger partial charge in [-0.05, 0) is 24.7 Å². The van der Waals surface area contributed by atoms with Crippen LogP contribution in [0.15, 0.2) is 0 Å². The minimum Gasteiger partial charge on any atom is -0.384 e. The fraction of sp³-hybridized carbons (Fsp3) is 1.00. The molecule has 0 aliphatic heterocycles. The van der Waals surface area contributed by atoms with E-state index in [0.29, 0.717) is 23.9 Å². The predicted molar refractivity (Wildman–Crippen MR) is 69.7 cm³/mol. The molecule has 0 aromatic rings. The summed E-state index contributed by atoms with van der Waals surface area (Å²) in [7, 11) is 3.62. The van der Waals surface area contributed by atoms with Crippen molar-refractivity contribution in [3.8, 4) is 0 Å². The maximum absolute atomic E-state index is 5.70. The number of methoxy groups -OCH3 is 2. The summed E-state index contributed by atoms with van der Waals surface area (Å²) in [5.74, 6) is 1.84. The van der Waals surface area contributed by atoms with Gasteiger partial charge in [-0.1, -0.05) is 34.1 Å². The second kappa shape index (κ2) is 9.00. The van der Waals surface area contributed by atoms with Crippen molar-refractivity contribution in [1.29, 1.82) is 0 Å². The summed E-state index contributed by atoms with van der Waals surface area (Å²) in [5.41, 5.74) is 0. The molecule has 0 N–H and O–H groups in total. The first-order chi connectivity index (χ1) is 7.56. The van der Waals surface area contributed by atoms with Crippen LogP contribution < -0.4 is 0 Å². The molecule has 0 heterocycles. The summed E-state index contributed by atoms with van der Waals surface area (Å²) < 4.78 is 11.0. The molecule has 3 atom stereocenters. The van der Waals surface area contributed by atoms with Crippen molar-refractivity contribution in [3.05, 3.63) is 0 Å². The number of hydrogen-bond acceptors (Lipinski definition) is 2. The van der Waals surface area contributed by atoms with Crippen molar-refractivity contribution in [2.24, 2.45) is 17.8 Å². The molecule has 0 bridgehead atoms. The number of rotatable bonds is 9. The highest BCUT2D eigenvalue weighted by Crippen LogP contribution is 2.26. The maximum atomic E-state index is 5.70. The maximum Gasteiger partial charge on any atom is 0.0647 e. The minimum absolute atomic E-state index is 0.335. The van der Waals surface area contributed by atoms with E-state index in [2.05, 4.69) is 27.7 Å². The van der Waals surface area contributed by atoms with Crippen LogP contribution >= 0.6 is 0 Å². The van der Waals surface area contributed by atoms with Crippen molar-refractivity contribution < 1.29 is 9.47 Å². The molecule has 2 nitrogen and oxygen atoms in total. The molecule has 2 heteroatoms. The lowest BCUT2D eigenvalue weighted by Gasteiger charge is -2.31. The molecule has 0 saturated carbocycles. The first kappa shape index (κ1) is 15.9. The molecule has 16 heavy (non-hydrogen) atoms. The zero-order valence-electron chi connectivity index (χ0n) is 12.0. The standard InChI is InChI=1S/C14H30O2/c1-7-8-12(4)14(16-6)13(10-15-5)9-11(2)3/h11-14H,7-10H2,1-6H3. The van der Waals surface area contributed by atoms with E-state index in [1.807, 2.05) is 7.11 Å². The van der Waals surface area contributed by atoms with Crippen LogP contribution in [0.1, 0.15) is 47.0 Å². The van der Waals surface area contributed by atoms with E-state index < -0.39 is 0 Å². The first-order valence-electron chi connectivity index (χ1n) is 6.58. The van der Waals surface area contributed by atoms with Crippen LogP contribution in [0.4, 0.5) is 0 Å². The fourth-order valence-electron chi connectivity index (χ4n) is 2.63. The summed E-state index contributed by atoms with van der Waals surface area (Å²) in [6.07, 6.45) is 3.97. The molecule has 0 amide bonds. The van der Waals surface area contributed by atoms with Crippen molar-refractivity contribution in [3.63, 3.8) is 0 Å². The highest BCUT2D eigenvalue weighted by molar-refractivity contribution is 4.76. The van der Waals surface area contributed by atoms with Gasteiger partial charge >= 0.3 is 0 Å². The number of ether oxygens (including phenoxy) is 2. The molecular weight excluding hydrogens is 200 g/mol. The Balaban J connectivity index is 4.42. The monoisotopic (exact) mass is 230 g/mol. The zero-order chi connectivity index (χ0) is 12.6. The highest BCUT2D eigenvalue weighted by Gasteiger charge is 2.26. The van der Waals surface area contributed by atoms with E-state index in [-0.39, 0.29) is 0 Å². The molecule has 0 rings (SSSR count).